The van der Waals surface area contributed by atoms with Crippen LogP contribution in [0.3, 0.4) is 0 Å². The SMILES string of the molecule is CCN(CC)C(=O)CSc1ncnc2cc(-c3ccc(F)cc3)sc12. The van der Waals surface area contributed by atoms with Gasteiger partial charge in [0.05, 0.1) is 16.0 Å². The third-order valence-electron chi connectivity index (χ3n) is 3.86. The van der Waals surface area contributed by atoms with Gasteiger partial charge < -0.3 is 4.90 Å². The van der Waals surface area contributed by atoms with Crippen LogP contribution in [-0.4, -0.2) is 39.6 Å². The molecule has 0 saturated heterocycles. The molecule has 130 valence electrons. The molecular weight excluding hydrogens is 357 g/mol. The molecule has 2 aromatic heterocycles. The van der Waals surface area contributed by atoms with Crippen LogP contribution in [0, 0.1) is 5.82 Å². The molecule has 0 bridgehead atoms. The summed E-state index contributed by atoms with van der Waals surface area (Å²) in [5, 5.41) is 0.809. The number of benzene rings is 1. The van der Waals surface area contributed by atoms with Crippen LogP contribution in [0.4, 0.5) is 4.39 Å². The minimum absolute atomic E-state index is 0.108. The lowest BCUT2D eigenvalue weighted by Gasteiger charge is -2.17. The molecule has 0 unspecified atom stereocenters. The number of fused-ring (bicyclic) bond motifs is 1. The highest BCUT2D eigenvalue weighted by Crippen LogP contribution is 2.36. The molecule has 2 heterocycles. The highest BCUT2D eigenvalue weighted by atomic mass is 32.2. The van der Waals surface area contributed by atoms with Gasteiger partial charge in [0.25, 0.3) is 0 Å². The Morgan fingerprint density at radius 1 is 1.20 bits per heavy atom. The van der Waals surface area contributed by atoms with Crippen molar-refractivity contribution in [2.75, 3.05) is 18.8 Å². The van der Waals surface area contributed by atoms with E-state index in [-0.39, 0.29) is 11.7 Å². The Morgan fingerprint density at radius 3 is 2.60 bits per heavy atom. The molecule has 3 rings (SSSR count). The Kier molecular flexibility index (Phi) is 5.65. The van der Waals surface area contributed by atoms with E-state index in [9.17, 15) is 9.18 Å². The van der Waals surface area contributed by atoms with Gasteiger partial charge in [-0.25, -0.2) is 14.4 Å². The quantitative estimate of drug-likeness (QED) is 0.471. The first kappa shape index (κ1) is 17.8. The van der Waals surface area contributed by atoms with Gasteiger partial charge in [-0.15, -0.1) is 11.3 Å². The number of hydrogen-bond acceptors (Lipinski definition) is 5. The van der Waals surface area contributed by atoms with Gasteiger partial charge in [-0.2, -0.15) is 0 Å². The second kappa shape index (κ2) is 7.93. The number of carbonyl (C=O) groups excluding carboxylic acids is 1. The summed E-state index contributed by atoms with van der Waals surface area (Å²) in [7, 11) is 0. The number of hydrogen-bond donors (Lipinski definition) is 0. The van der Waals surface area contributed by atoms with Crippen LogP contribution in [-0.2, 0) is 4.79 Å². The third-order valence-corrected chi connectivity index (χ3v) is 6.14. The molecule has 4 nitrogen and oxygen atoms in total. The van der Waals surface area contributed by atoms with Crippen LogP contribution < -0.4 is 0 Å². The molecule has 25 heavy (non-hydrogen) atoms. The molecular formula is C18H18FN3OS2. The van der Waals surface area contributed by atoms with E-state index in [0.717, 1.165) is 25.7 Å². The maximum Gasteiger partial charge on any atom is 0.232 e. The predicted molar refractivity (Wildman–Crippen MR) is 101 cm³/mol. The first-order valence-corrected chi connectivity index (χ1v) is 9.83. The normalized spacial score (nSPS) is 11.0. The van der Waals surface area contributed by atoms with Crippen molar-refractivity contribution in [3.05, 3.63) is 42.5 Å². The molecule has 0 aliphatic rings. The van der Waals surface area contributed by atoms with Crippen molar-refractivity contribution in [1.29, 1.82) is 0 Å². The van der Waals surface area contributed by atoms with E-state index in [1.54, 1.807) is 23.5 Å². The van der Waals surface area contributed by atoms with Crippen molar-refractivity contribution in [2.45, 2.75) is 18.9 Å². The number of aromatic nitrogens is 2. The summed E-state index contributed by atoms with van der Waals surface area (Å²) in [6.07, 6.45) is 1.52. The maximum atomic E-state index is 13.1. The Labute approximate surface area is 154 Å². The molecule has 7 heteroatoms. The summed E-state index contributed by atoms with van der Waals surface area (Å²) >= 11 is 3.00. The summed E-state index contributed by atoms with van der Waals surface area (Å²) in [6.45, 7) is 5.37. The fourth-order valence-electron chi connectivity index (χ4n) is 2.49. The number of thioether (sulfide) groups is 1. The largest absolute Gasteiger partial charge is 0.343 e. The van der Waals surface area contributed by atoms with Gasteiger partial charge in [-0.3, -0.25) is 4.79 Å². The average Bonchev–Trinajstić information content (AvgIpc) is 3.06. The molecule has 3 aromatic rings. The zero-order chi connectivity index (χ0) is 17.8. The lowest BCUT2D eigenvalue weighted by molar-refractivity contribution is -0.127. The van der Waals surface area contributed by atoms with Crippen LogP contribution in [0.5, 0.6) is 0 Å². The zero-order valence-corrected chi connectivity index (χ0v) is 15.7. The number of halogens is 1. The third kappa shape index (κ3) is 3.99. The van der Waals surface area contributed by atoms with Gasteiger partial charge >= 0.3 is 0 Å². The van der Waals surface area contributed by atoms with E-state index in [1.165, 1.54) is 30.2 Å². The van der Waals surface area contributed by atoms with E-state index in [1.807, 2.05) is 24.8 Å². The van der Waals surface area contributed by atoms with Crippen LogP contribution >= 0.6 is 23.1 Å². The van der Waals surface area contributed by atoms with Crippen molar-refractivity contribution in [3.8, 4) is 10.4 Å². The molecule has 0 N–H and O–H groups in total. The van der Waals surface area contributed by atoms with Crippen molar-refractivity contribution >= 4 is 39.2 Å². The van der Waals surface area contributed by atoms with E-state index in [0.29, 0.717) is 18.8 Å². The topological polar surface area (TPSA) is 46.1 Å². The highest BCUT2D eigenvalue weighted by molar-refractivity contribution is 8.00. The second-order valence-electron chi connectivity index (χ2n) is 5.37. The summed E-state index contributed by atoms with van der Waals surface area (Å²) in [5.74, 6) is 0.213. The first-order chi connectivity index (χ1) is 12.1. The Balaban J connectivity index is 1.84. The molecule has 0 fully saturated rings. The fraction of sp³-hybridized carbons (Fsp3) is 0.278. The minimum Gasteiger partial charge on any atom is -0.343 e. The van der Waals surface area contributed by atoms with Crippen LogP contribution in [0.15, 0.2) is 41.7 Å². The van der Waals surface area contributed by atoms with Crippen LogP contribution in [0.1, 0.15) is 13.8 Å². The van der Waals surface area contributed by atoms with Crippen LogP contribution in [0.25, 0.3) is 20.7 Å². The van der Waals surface area contributed by atoms with Gasteiger partial charge in [0.15, 0.2) is 0 Å². The number of carbonyl (C=O) groups is 1. The Hall–Kier alpha value is -1.99. The maximum absolute atomic E-state index is 13.1. The summed E-state index contributed by atoms with van der Waals surface area (Å²) in [5.41, 5.74) is 1.79. The van der Waals surface area contributed by atoms with Crippen molar-refractivity contribution in [3.63, 3.8) is 0 Å². The fourth-order valence-corrected chi connectivity index (χ4v) is 4.59. The zero-order valence-electron chi connectivity index (χ0n) is 14.0. The number of nitrogens with zero attached hydrogens (tertiary/aromatic N) is 3. The highest BCUT2D eigenvalue weighted by Gasteiger charge is 2.14. The van der Waals surface area contributed by atoms with Crippen LogP contribution in [0.2, 0.25) is 0 Å². The van der Waals surface area contributed by atoms with E-state index < -0.39 is 0 Å². The van der Waals surface area contributed by atoms with E-state index in [4.69, 9.17) is 0 Å². The molecule has 1 aromatic carbocycles. The molecule has 1 amide bonds. The van der Waals surface area contributed by atoms with Gasteiger partial charge in [0, 0.05) is 18.0 Å². The molecule has 0 saturated carbocycles. The molecule has 0 radical (unpaired) electrons. The Morgan fingerprint density at radius 2 is 1.92 bits per heavy atom. The van der Waals surface area contributed by atoms with Gasteiger partial charge in [0.2, 0.25) is 5.91 Å². The second-order valence-corrected chi connectivity index (χ2v) is 7.38. The molecule has 0 spiro atoms. The van der Waals surface area contributed by atoms with E-state index >= 15 is 0 Å². The number of thiophene rings is 1. The number of amides is 1. The van der Waals surface area contributed by atoms with Gasteiger partial charge in [0.1, 0.15) is 17.2 Å². The van der Waals surface area contributed by atoms with Crippen molar-refractivity contribution in [2.24, 2.45) is 0 Å². The Bertz CT molecular complexity index is 876. The number of rotatable bonds is 6. The lowest BCUT2D eigenvalue weighted by atomic mass is 10.2. The monoisotopic (exact) mass is 375 g/mol. The van der Waals surface area contributed by atoms with Crippen molar-refractivity contribution < 1.29 is 9.18 Å². The van der Waals surface area contributed by atoms with Gasteiger partial charge in [-0.05, 0) is 37.6 Å². The standard InChI is InChI=1S/C18H18FN3OS2/c1-3-22(4-2)16(23)10-24-18-17-14(20-11-21-18)9-15(25-17)12-5-7-13(19)8-6-12/h5-9,11H,3-4,10H2,1-2H3. The average molecular weight is 375 g/mol. The first-order valence-electron chi connectivity index (χ1n) is 8.03. The minimum atomic E-state index is -0.254. The molecule has 0 atom stereocenters. The molecule has 0 aliphatic carbocycles. The van der Waals surface area contributed by atoms with Crippen molar-refractivity contribution in [1.82, 2.24) is 14.9 Å². The van der Waals surface area contributed by atoms with Gasteiger partial charge in [-0.1, -0.05) is 23.9 Å². The lowest BCUT2D eigenvalue weighted by Crippen LogP contribution is -2.31. The smallest absolute Gasteiger partial charge is 0.232 e. The summed E-state index contributed by atoms with van der Waals surface area (Å²) in [4.78, 5) is 23.7. The molecule has 0 aliphatic heterocycles. The predicted octanol–water partition coefficient (Wildman–Crippen LogP) is 4.46. The summed E-state index contributed by atoms with van der Waals surface area (Å²) in [6, 6.07) is 8.38. The summed E-state index contributed by atoms with van der Waals surface area (Å²) < 4.78 is 14.1. The van der Waals surface area contributed by atoms with E-state index in [2.05, 4.69) is 9.97 Å².